The van der Waals surface area contributed by atoms with Gasteiger partial charge in [0.1, 0.15) is 17.7 Å². The molecule has 0 bridgehead atoms. The van der Waals surface area contributed by atoms with Gasteiger partial charge in [-0.25, -0.2) is 19.9 Å². The van der Waals surface area contributed by atoms with Crippen LogP contribution < -0.4 is 21.6 Å². The quantitative estimate of drug-likeness (QED) is 0.121. The van der Waals surface area contributed by atoms with Crippen LogP contribution in [0.25, 0.3) is 11.3 Å². The number of nitrogens with zero attached hydrogens (tertiary/aromatic N) is 7. The van der Waals surface area contributed by atoms with Crippen molar-refractivity contribution in [3.05, 3.63) is 77.0 Å². The van der Waals surface area contributed by atoms with Gasteiger partial charge in [-0.3, -0.25) is 4.79 Å². The number of halogens is 4. The summed E-state index contributed by atoms with van der Waals surface area (Å²) in [5, 5.41) is 14.3. The Morgan fingerprint density at radius 1 is 1.30 bits per heavy atom. The number of tetrazole rings is 1. The number of hydrogen-bond donors (Lipinski definition) is 3. The van der Waals surface area contributed by atoms with E-state index in [1.165, 1.54) is 40.8 Å². The van der Waals surface area contributed by atoms with Gasteiger partial charge in [-0.2, -0.15) is 13.2 Å². The summed E-state index contributed by atoms with van der Waals surface area (Å²) in [7, 11) is 1.30. The van der Waals surface area contributed by atoms with Crippen molar-refractivity contribution in [2.45, 2.75) is 38.0 Å². The average molecular weight is 561 g/mol. The number of methoxy groups -OCH3 is 1. The fourth-order valence-electron chi connectivity index (χ4n) is 4.24. The summed E-state index contributed by atoms with van der Waals surface area (Å²) >= 11 is 0. The van der Waals surface area contributed by atoms with Crippen molar-refractivity contribution >= 4 is 11.6 Å². The minimum absolute atomic E-state index is 0.0353. The van der Waals surface area contributed by atoms with Crippen LogP contribution in [-0.4, -0.2) is 47.6 Å². The van der Waals surface area contributed by atoms with Gasteiger partial charge in [0.2, 0.25) is 0 Å². The van der Waals surface area contributed by atoms with Crippen molar-refractivity contribution in [1.82, 2.24) is 39.9 Å². The van der Waals surface area contributed by atoms with Crippen LogP contribution in [0, 0.1) is 5.82 Å². The number of benzene rings is 1. The number of fused-ring (bicyclic) bond motifs is 1. The van der Waals surface area contributed by atoms with Crippen LogP contribution in [0.3, 0.4) is 0 Å². The summed E-state index contributed by atoms with van der Waals surface area (Å²) in [5.74, 6) is 4.51. The first-order valence-electron chi connectivity index (χ1n) is 12.0. The van der Waals surface area contributed by atoms with E-state index in [9.17, 15) is 22.4 Å². The zero-order chi connectivity index (χ0) is 28.6. The minimum atomic E-state index is -4.58. The molecule has 3 heterocycles. The molecule has 1 fully saturated rings. The van der Waals surface area contributed by atoms with E-state index in [4.69, 9.17) is 16.3 Å². The van der Waals surface area contributed by atoms with Gasteiger partial charge in [0.25, 0.3) is 5.91 Å². The van der Waals surface area contributed by atoms with Crippen LogP contribution >= 0.6 is 0 Å². The van der Waals surface area contributed by atoms with Crippen molar-refractivity contribution in [1.29, 1.82) is 0 Å². The lowest BCUT2D eigenvalue weighted by atomic mass is 10.1. The number of carbonyl (C=O) groups excluding carboxylic acids is 1. The molecular weight excluding hydrogens is 536 g/mol. The Morgan fingerprint density at radius 2 is 2.08 bits per heavy atom. The summed E-state index contributed by atoms with van der Waals surface area (Å²) in [4.78, 5) is 16.7. The van der Waals surface area contributed by atoms with E-state index in [0.29, 0.717) is 5.56 Å². The zero-order valence-corrected chi connectivity index (χ0v) is 21.1. The Morgan fingerprint density at radius 3 is 2.73 bits per heavy atom. The number of ether oxygens (including phenoxy) is 1. The molecule has 0 aliphatic heterocycles. The number of aromatic nitrogens is 6. The highest BCUT2D eigenvalue weighted by Crippen LogP contribution is 2.42. The highest BCUT2D eigenvalue weighted by atomic mass is 19.4. The van der Waals surface area contributed by atoms with Crippen molar-refractivity contribution < 1.29 is 27.1 Å². The van der Waals surface area contributed by atoms with Gasteiger partial charge in [0, 0.05) is 30.7 Å². The lowest BCUT2D eigenvalue weighted by Crippen LogP contribution is -2.33. The van der Waals surface area contributed by atoms with E-state index in [1.54, 1.807) is 6.20 Å². The predicted molar refractivity (Wildman–Crippen MR) is 132 cm³/mol. The molecule has 0 atom stereocenters. The first kappa shape index (κ1) is 26.9. The summed E-state index contributed by atoms with van der Waals surface area (Å²) in [6, 6.07) is 4.05. The lowest BCUT2D eigenvalue weighted by molar-refractivity contribution is -0.136. The largest absolute Gasteiger partial charge is 0.494 e. The van der Waals surface area contributed by atoms with Gasteiger partial charge in [-0.1, -0.05) is 0 Å². The normalized spacial score (nSPS) is 14.0. The second-order valence-electron chi connectivity index (χ2n) is 9.20. The van der Waals surface area contributed by atoms with Crippen LogP contribution in [0.2, 0.25) is 0 Å². The summed E-state index contributed by atoms with van der Waals surface area (Å²) in [5.41, 5.74) is 5.61. The molecule has 0 radical (unpaired) electrons. The van der Waals surface area contributed by atoms with Gasteiger partial charge in [0.05, 0.1) is 30.6 Å². The molecule has 0 spiro atoms. The van der Waals surface area contributed by atoms with E-state index in [2.05, 4.69) is 25.8 Å². The Balaban J connectivity index is 1.30. The number of rotatable bonds is 9. The van der Waals surface area contributed by atoms with Gasteiger partial charge < -0.3 is 25.2 Å². The lowest BCUT2D eigenvalue weighted by Gasteiger charge is -2.15. The fraction of sp³-hybridized carbons (Fsp3) is 0.292. The Bertz CT molecular complexity index is 1580. The van der Waals surface area contributed by atoms with Crippen LogP contribution in [0.15, 0.2) is 48.8 Å². The summed E-state index contributed by atoms with van der Waals surface area (Å²) in [6.07, 6.45) is 2.56. The molecular formula is C24H24F4N10O2. The van der Waals surface area contributed by atoms with Crippen molar-refractivity contribution in [2.75, 3.05) is 7.11 Å². The second kappa shape index (κ2) is 10.4. The van der Waals surface area contributed by atoms with Gasteiger partial charge in [0.15, 0.2) is 11.6 Å². The minimum Gasteiger partial charge on any atom is -0.494 e. The van der Waals surface area contributed by atoms with E-state index < -0.39 is 23.5 Å². The molecule has 0 unspecified atom stereocenters. The van der Waals surface area contributed by atoms with Crippen LogP contribution in [0.5, 0.6) is 5.75 Å². The molecule has 40 heavy (non-hydrogen) atoms. The zero-order valence-electron chi connectivity index (χ0n) is 21.1. The maximum atomic E-state index is 15.0. The summed E-state index contributed by atoms with van der Waals surface area (Å²) < 4.78 is 63.6. The standard InChI is InChI=1S/C24H24F4N10O2/c1-40-20-5-4-19(38-12-32-34-35-38)16(21(20)25)7-31-23(39)18(29)11-37(30)10-15-9-36-8-14(13-2-3-13)6-17(22(36)33-15)24(26,27)28/h4-6,8-9,11-13H,2-3,7,10,29-30H2,1H3,(H,31,39)/b18-11-. The first-order valence-corrected chi connectivity index (χ1v) is 12.0. The van der Waals surface area contributed by atoms with Gasteiger partial charge in [-0.15, -0.1) is 5.10 Å². The van der Waals surface area contributed by atoms with Crippen molar-refractivity contribution in [3.8, 4) is 11.4 Å². The maximum absolute atomic E-state index is 15.0. The molecule has 3 aromatic heterocycles. The van der Waals surface area contributed by atoms with E-state index in [0.717, 1.165) is 30.1 Å². The molecule has 1 aliphatic rings. The van der Waals surface area contributed by atoms with E-state index in [-0.39, 0.29) is 53.0 Å². The van der Waals surface area contributed by atoms with Crippen LogP contribution in [0.4, 0.5) is 17.6 Å². The maximum Gasteiger partial charge on any atom is 0.419 e. The number of nitrogens with one attached hydrogen (secondary N) is 1. The third kappa shape index (κ3) is 5.51. The molecule has 1 amide bonds. The number of amides is 1. The van der Waals surface area contributed by atoms with E-state index in [1.807, 2.05) is 0 Å². The fourth-order valence-corrected chi connectivity index (χ4v) is 4.24. The average Bonchev–Trinajstić information content (AvgIpc) is 3.45. The number of hydrogen-bond acceptors (Lipinski definition) is 9. The molecule has 1 aliphatic carbocycles. The molecule has 0 saturated heterocycles. The molecule has 5 rings (SSSR count). The van der Waals surface area contributed by atoms with Gasteiger partial charge in [-0.05, 0) is 52.9 Å². The highest BCUT2D eigenvalue weighted by Gasteiger charge is 2.36. The predicted octanol–water partition coefficient (Wildman–Crippen LogP) is 2.15. The number of hydrazine groups is 1. The van der Waals surface area contributed by atoms with Crippen molar-refractivity contribution in [3.63, 3.8) is 0 Å². The molecule has 4 aromatic rings. The van der Waals surface area contributed by atoms with Gasteiger partial charge >= 0.3 is 6.18 Å². The Hall–Kier alpha value is -4.73. The summed E-state index contributed by atoms with van der Waals surface area (Å²) in [6.45, 7) is -0.439. The molecule has 1 aromatic carbocycles. The van der Waals surface area contributed by atoms with Crippen LogP contribution in [-0.2, 0) is 24.1 Å². The molecule has 1 saturated carbocycles. The van der Waals surface area contributed by atoms with Crippen LogP contribution in [0.1, 0.15) is 41.1 Å². The Labute approximate surface area is 224 Å². The molecule has 210 valence electrons. The topological polar surface area (TPSA) is 155 Å². The number of alkyl halides is 3. The number of nitrogens with two attached hydrogens (primary N) is 2. The Kier molecular flexibility index (Phi) is 7.01. The molecule has 12 nitrogen and oxygen atoms in total. The first-order chi connectivity index (χ1) is 19.0. The monoisotopic (exact) mass is 560 g/mol. The molecule has 16 heteroatoms. The van der Waals surface area contributed by atoms with E-state index >= 15 is 0 Å². The third-order valence-electron chi connectivity index (χ3n) is 6.31. The third-order valence-corrected chi connectivity index (χ3v) is 6.31. The number of imidazole rings is 1. The second-order valence-corrected chi connectivity index (χ2v) is 9.20. The van der Waals surface area contributed by atoms with Crippen molar-refractivity contribution in [2.24, 2.45) is 11.6 Å². The number of carbonyl (C=O) groups is 1. The molecule has 5 N–H and O–H groups in total. The highest BCUT2D eigenvalue weighted by molar-refractivity contribution is 5.92. The SMILES string of the molecule is COc1ccc(-n2cnnn2)c(CNC(=O)/C(N)=C/N(N)Cc2cn3cc(C4CC4)cc(C(F)(F)F)c3n2)c1F. The number of pyridine rings is 1. The smallest absolute Gasteiger partial charge is 0.419 e.